The van der Waals surface area contributed by atoms with Crippen molar-refractivity contribution in [3.05, 3.63) is 29.3 Å². The highest BCUT2D eigenvalue weighted by Gasteiger charge is 2.19. The Bertz CT molecular complexity index is 392. The number of fused-ring (bicyclic) bond motifs is 1. The zero-order valence-electron chi connectivity index (χ0n) is 8.66. The number of hydrogen-bond donors (Lipinski definition) is 2. The van der Waals surface area contributed by atoms with Crippen LogP contribution in [0.1, 0.15) is 17.5 Å². The number of benzene rings is 1. The van der Waals surface area contributed by atoms with Gasteiger partial charge in [0.1, 0.15) is 5.75 Å². The normalized spacial score (nSPS) is 19.3. The lowest BCUT2D eigenvalue weighted by molar-refractivity contribution is 0.441. The molecule has 0 aliphatic heterocycles. The van der Waals surface area contributed by atoms with Gasteiger partial charge in [-0.15, -0.1) is 6.42 Å². The first-order valence-corrected chi connectivity index (χ1v) is 5.28. The van der Waals surface area contributed by atoms with E-state index >= 15 is 0 Å². The van der Waals surface area contributed by atoms with Crippen LogP contribution in [0.25, 0.3) is 0 Å². The molecule has 0 heterocycles. The standard InChI is InChI=1S/C13H15NO/c1-2-8-14-11-6-7-12-10(9-11)4-3-5-13(12)15/h1,3-5,11,14-15H,6-9H2. The van der Waals surface area contributed by atoms with E-state index in [-0.39, 0.29) is 0 Å². The molecule has 2 nitrogen and oxygen atoms in total. The van der Waals surface area contributed by atoms with Gasteiger partial charge in [-0.2, -0.15) is 0 Å². The summed E-state index contributed by atoms with van der Waals surface area (Å²) in [6, 6.07) is 6.19. The van der Waals surface area contributed by atoms with E-state index in [0.717, 1.165) is 24.8 Å². The van der Waals surface area contributed by atoms with Gasteiger partial charge in [-0.3, -0.25) is 0 Å². The Balaban J connectivity index is 2.11. The second kappa shape index (κ2) is 4.37. The zero-order chi connectivity index (χ0) is 10.7. The summed E-state index contributed by atoms with van der Waals surface area (Å²) >= 11 is 0. The fourth-order valence-electron chi connectivity index (χ4n) is 2.16. The molecule has 1 aromatic carbocycles. The fraction of sp³-hybridized carbons (Fsp3) is 0.385. The van der Waals surface area contributed by atoms with Gasteiger partial charge in [0, 0.05) is 6.04 Å². The van der Waals surface area contributed by atoms with Crippen LogP contribution in [-0.2, 0) is 12.8 Å². The molecule has 1 atom stereocenters. The second-order valence-electron chi connectivity index (χ2n) is 3.94. The zero-order valence-corrected chi connectivity index (χ0v) is 8.66. The van der Waals surface area contributed by atoms with Gasteiger partial charge in [0.15, 0.2) is 0 Å². The highest BCUT2D eigenvalue weighted by atomic mass is 16.3. The van der Waals surface area contributed by atoms with Crippen LogP contribution in [-0.4, -0.2) is 17.7 Å². The van der Waals surface area contributed by atoms with Gasteiger partial charge in [-0.05, 0) is 36.5 Å². The monoisotopic (exact) mass is 201 g/mol. The number of aromatic hydroxyl groups is 1. The van der Waals surface area contributed by atoms with Crippen LogP contribution < -0.4 is 5.32 Å². The average Bonchev–Trinajstić information content (AvgIpc) is 2.26. The Morgan fingerprint density at radius 2 is 2.40 bits per heavy atom. The van der Waals surface area contributed by atoms with E-state index < -0.39 is 0 Å². The van der Waals surface area contributed by atoms with E-state index in [9.17, 15) is 5.11 Å². The summed E-state index contributed by atoms with van der Waals surface area (Å²) < 4.78 is 0. The summed E-state index contributed by atoms with van der Waals surface area (Å²) in [7, 11) is 0. The van der Waals surface area contributed by atoms with Crippen molar-refractivity contribution in [3.63, 3.8) is 0 Å². The van der Waals surface area contributed by atoms with Crippen molar-refractivity contribution in [2.24, 2.45) is 0 Å². The van der Waals surface area contributed by atoms with Crippen molar-refractivity contribution >= 4 is 0 Å². The quantitative estimate of drug-likeness (QED) is 0.710. The Morgan fingerprint density at radius 3 is 3.20 bits per heavy atom. The Labute approximate surface area is 90.3 Å². The molecule has 1 aliphatic carbocycles. The first-order chi connectivity index (χ1) is 7.31. The maximum absolute atomic E-state index is 9.67. The first-order valence-electron chi connectivity index (χ1n) is 5.28. The number of rotatable bonds is 2. The van der Waals surface area contributed by atoms with Crippen molar-refractivity contribution in [2.45, 2.75) is 25.3 Å². The molecular formula is C13H15NO. The van der Waals surface area contributed by atoms with Crippen molar-refractivity contribution in [3.8, 4) is 18.1 Å². The van der Waals surface area contributed by atoms with Crippen LogP contribution in [0.4, 0.5) is 0 Å². The highest BCUT2D eigenvalue weighted by molar-refractivity contribution is 5.41. The molecule has 2 heteroatoms. The molecule has 1 unspecified atom stereocenters. The number of phenols is 1. The molecule has 0 aromatic heterocycles. The summed E-state index contributed by atoms with van der Waals surface area (Å²) in [6.07, 6.45) is 8.16. The SMILES string of the molecule is C#CCNC1CCc2c(O)cccc2C1. The Morgan fingerprint density at radius 1 is 1.53 bits per heavy atom. The smallest absolute Gasteiger partial charge is 0.119 e. The molecular weight excluding hydrogens is 186 g/mol. The molecule has 78 valence electrons. The molecule has 1 aromatic rings. The van der Waals surface area contributed by atoms with Gasteiger partial charge in [0.05, 0.1) is 6.54 Å². The summed E-state index contributed by atoms with van der Waals surface area (Å²) in [5.41, 5.74) is 2.35. The van der Waals surface area contributed by atoms with Crippen LogP contribution in [0.5, 0.6) is 5.75 Å². The molecule has 0 fully saturated rings. The van der Waals surface area contributed by atoms with Crippen molar-refractivity contribution in [1.82, 2.24) is 5.32 Å². The molecule has 2 rings (SSSR count). The number of phenolic OH excluding ortho intramolecular Hbond substituents is 1. The lowest BCUT2D eigenvalue weighted by Crippen LogP contribution is -2.34. The summed E-state index contributed by atoms with van der Waals surface area (Å²) in [6.45, 7) is 0.624. The number of nitrogens with one attached hydrogen (secondary N) is 1. The van der Waals surface area contributed by atoms with E-state index in [0.29, 0.717) is 18.3 Å². The molecule has 0 spiro atoms. The molecule has 1 aliphatic rings. The Hall–Kier alpha value is -1.46. The van der Waals surface area contributed by atoms with Gasteiger partial charge < -0.3 is 10.4 Å². The summed E-state index contributed by atoms with van der Waals surface area (Å²) in [4.78, 5) is 0. The predicted molar refractivity (Wildman–Crippen MR) is 60.8 cm³/mol. The fourth-order valence-corrected chi connectivity index (χ4v) is 2.16. The third-order valence-electron chi connectivity index (χ3n) is 2.95. The first kappa shape index (κ1) is 10.1. The molecule has 0 bridgehead atoms. The van der Waals surface area contributed by atoms with Gasteiger partial charge in [-0.1, -0.05) is 18.1 Å². The highest BCUT2D eigenvalue weighted by Crippen LogP contribution is 2.28. The maximum Gasteiger partial charge on any atom is 0.119 e. The molecule has 0 saturated carbocycles. The minimum absolute atomic E-state index is 0.433. The maximum atomic E-state index is 9.67. The molecule has 0 radical (unpaired) electrons. The Kier molecular flexibility index (Phi) is 2.94. The predicted octanol–water partition coefficient (Wildman–Crippen LogP) is 1.47. The van der Waals surface area contributed by atoms with Crippen molar-refractivity contribution < 1.29 is 5.11 Å². The van der Waals surface area contributed by atoms with Crippen LogP contribution in [0.2, 0.25) is 0 Å². The molecule has 0 amide bonds. The third kappa shape index (κ3) is 2.14. The average molecular weight is 201 g/mol. The van der Waals surface area contributed by atoms with Gasteiger partial charge in [0.25, 0.3) is 0 Å². The molecule has 0 saturated heterocycles. The topological polar surface area (TPSA) is 32.3 Å². The minimum Gasteiger partial charge on any atom is -0.508 e. The van der Waals surface area contributed by atoms with Crippen molar-refractivity contribution in [2.75, 3.05) is 6.54 Å². The molecule has 15 heavy (non-hydrogen) atoms. The van der Waals surface area contributed by atoms with E-state index in [1.165, 1.54) is 5.56 Å². The van der Waals surface area contributed by atoms with Gasteiger partial charge >= 0.3 is 0 Å². The number of hydrogen-bond acceptors (Lipinski definition) is 2. The van der Waals surface area contributed by atoms with Gasteiger partial charge in [-0.25, -0.2) is 0 Å². The largest absolute Gasteiger partial charge is 0.508 e. The van der Waals surface area contributed by atoms with E-state index in [2.05, 4.69) is 17.3 Å². The van der Waals surface area contributed by atoms with Crippen molar-refractivity contribution in [1.29, 1.82) is 0 Å². The van der Waals surface area contributed by atoms with Crippen LogP contribution >= 0.6 is 0 Å². The van der Waals surface area contributed by atoms with E-state index in [1.807, 2.05) is 6.07 Å². The summed E-state index contributed by atoms with van der Waals surface area (Å²) in [5, 5.41) is 13.0. The van der Waals surface area contributed by atoms with Crippen LogP contribution in [0.3, 0.4) is 0 Å². The lowest BCUT2D eigenvalue weighted by atomic mass is 9.88. The molecule has 2 N–H and O–H groups in total. The van der Waals surface area contributed by atoms with E-state index in [1.54, 1.807) is 6.07 Å². The van der Waals surface area contributed by atoms with Crippen LogP contribution in [0, 0.1) is 12.3 Å². The third-order valence-corrected chi connectivity index (χ3v) is 2.95. The lowest BCUT2D eigenvalue weighted by Gasteiger charge is -2.25. The second-order valence-corrected chi connectivity index (χ2v) is 3.94. The number of terminal acetylenes is 1. The minimum atomic E-state index is 0.433. The summed E-state index contributed by atoms with van der Waals surface area (Å²) in [5.74, 6) is 3.02. The van der Waals surface area contributed by atoms with Crippen LogP contribution in [0.15, 0.2) is 18.2 Å². The van der Waals surface area contributed by atoms with Gasteiger partial charge in [0.2, 0.25) is 0 Å². The van der Waals surface area contributed by atoms with E-state index in [4.69, 9.17) is 6.42 Å².